The molecule has 2 aromatic rings. The molecule has 0 aliphatic heterocycles. The number of benzene rings is 1. The van der Waals surface area contributed by atoms with Crippen molar-refractivity contribution in [1.29, 1.82) is 0 Å². The number of rotatable bonds is 4. The lowest BCUT2D eigenvalue weighted by Crippen LogP contribution is -2.24. The van der Waals surface area contributed by atoms with Crippen molar-refractivity contribution in [2.45, 2.75) is 18.4 Å². The summed E-state index contributed by atoms with van der Waals surface area (Å²) in [5, 5.41) is 0. The molecule has 0 spiro atoms. The fourth-order valence-corrected chi connectivity index (χ4v) is 3.23. The molecule has 19 heavy (non-hydrogen) atoms. The summed E-state index contributed by atoms with van der Waals surface area (Å²) in [5.74, 6) is 1.28. The number of furan rings is 1. The number of nitrogens with one attached hydrogen (secondary N) is 1. The standard InChI is InChI=1S/C12H13BrN2O3S/c1-8-2-4-10(18-8)7-15-19(16,17)12-6-9(13)3-5-11(12)14/h2-6,15H,7,14H2,1H3. The maximum Gasteiger partial charge on any atom is 0.243 e. The minimum Gasteiger partial charge on any atom is -0.465 e. The summed E-state index contributed by atoms with van der Waals surface area (Å²) in [6.07, 6.45) is 0. The molecule has 2 rings (SSSR count). The van der Waals surface area contributed by atoms with Gasteiger partial charge < -0.3 is 10.2 Å². The zero-order chi connectivity index (χ0) is 14.0. The highest BCUT2D eigenvalue weighted by atomic mass is 79.9. The summed E-state index contributed by atoms with van der Waals surface area (Å²) < 4.78 is 32.7. The summed E-state index contributed by atoms with van der Waals surface area (Å²) in [6.45, 7) is 1.88. The fourth-order valence-electron chi connectivity index (χ4n) is 1.56. The highest BCUT2D eigenvalue weighted by Gasteiger charge is 2.18. The Labute approximate surface area is 120 Å². The first-order valence-corrected chi connectivity index (χ1v) is 7.76. The van der Waals surface area contributed by atoms with Gasteiger partial charge in [0.1, 0.15) is 16.4 Å². The van der Waals surface area contributed by atoms with Gasteiger partial charge in [0, 0.05) is 4.47 Å². The molecule has 102 valence electrons. The molecule has 5 nitrogen and oxygen atoms in total. The monoisotopic (exact) mass is 344 g/mol. The highest BCUT2D eigenvalue weighted by molar-refractivity contribution is 9.10. The molecule has 0 unspecified atom stereocenters. The van der Waals surface area contributed by atoms with Crippen molar-refractivity contribution >= 4 is 31.6 Å². The van der Waals surface area contributed by atoms with Crippen LogP contribution < -0.4 is 10.5 Å². The van der Waals surface area contributed by atoms with Gasteiger partial charge in [0.2, 0.25) is 10.0 Å². The van der Waals surface area contributed by atoms with Crippen LogP contribution in [0.5, 0.6) is 0 Å². The lowest BCUT2D eigenvalue weighted by Gasteiger charge is -2.08. The van der Waals surface area contributed by atoms with Crippen LogP contribution in [0.3, 0.4) is 0 Å². The minimum absolute atomic E-state index is 0.0464. The fraction of sp³-hybridized carbons (Fsp3) is 0.167. The second-order valence-corrected chi connectivity index (χ2v) is 6.67. The smallest absolute Gasteiger partial charge is 0.243 e. The van der Waals surface area contributed by atoms with Crippen molar-refractivity contribution < 1.29 is 12.8 Å². The van der Waals surface area contributed by atoms with Crippen LogP contribution in [0.1, 0.15) is 11.5 Å². The van der Waals surface area contributed by atoms with Gasteiger partial charge in [0.15, 0.2) is 0 Å². The van der Waals surface area contributed by atoms with E-state index in [1.807, 2.05) is 0 Å². The highest BCUT2D eigenvalue weighted by Crippen LogP contribution is 2.23. The molecule has 1 aromatic carbocycles. The largest absolute Gasteiger partial charge is 0.465 e. The molecular weight excluding hydrogens is 332 g/mol. The van der Waals surface area contributed by atoms with Gasteiger partial charge in [-0.05, 0) is 37.3 Å². The zero-order valence-corrected chi connectivity index (χ0v) is 12.6. The average Bonchev–Trinajstić information content (AvgIpc) is 2.76. The van der Waals surface area contributed by atoms with Gasteiger partial charge in [-0.2, -0.15) is 0 Å². The number of anilines is 1. The van der Waals surface area contributed by atoms with E-state index in [1.165, 1.54) is 12.1 Å². The SMILES string of the molecule is Cc1ccc(CNS(=O)(=O)c2cc(Br)ccc2N)o1. The van der Waals surface area contributed by atoms with E-state index in [4.69, 9.17) is 10.2 Å². The molecule has 0 radical (unpaired) electrons. The van der Waals surface area contributed by atoms with E-state index in [0.717, 1.165) is 5.76 Å². The Balaban J connectivity index is 2.20. The second kappa shape index (κ2) is 5.36. The van der Waals surface area contributed by atoms with E-state index in [9.17, 15) is 8.42 Å². The summed E-state index contributed by atoms with van der Waals surface area (Å²) >= 11 is 3.22. The third-order valence-electron chi connectivity index (χ3n) is 2.50. The Hall–Kier alpha value is -1.31. The number of sulfonamides is 1. The van der Waals surface area contributed by atoms with Crippen LogP contribution in [-0.4, -0.2) is 8.42 Å². The third kappa shape index (κ3) is 3.37. The van der Waals surface area contributed by atoms with Crippen molar-refractivity contribution in [3.05, 3.63) is 46.3 Å². The van der Waals surface area contributed by atoms with Gasteiger partial charge >= 0.3 is 0 Å². The van der Waals surface area contributed by atoms with E-state index < -0.39 is 10.0 Å². The molecule has 0 atom stereocenters. The Morgan fingerprint density at radius 1 is 1.32 bits per heavy atom. The lowest BCUT2D eigenvalue weighted by molar-refractivity contribution is 0.475. The van der Waals surface area contributed by atoms with Crippen molar-refractivity contribution in [1.82, 2.24) is 4.72 Å². The first-order chi connectivity index (χ1) is 8.88. The molecule has 3 N–H and O–H groups in total. The number of hydrogen-bond acceptors (Lipinski definition) is 4. The minimum atomic E-state index is -3.67. The van der Waals surface area contributed by atoms with Crippen LogP contribution >= 0.6 is 15.9 Å². The summed E-state index contributed by atoms with van der Waals surface area (Å²) in [5.41, 5.74) is 5.89. The van der Waals surface area contributed by atoms with Gasteiger partial charge in [-0.1, -0.05) is 15.9 Å². The van der Waals surface area contributed by atoms with Gasteiger partial charge in [-0.25, -0.2) is 13.1 Å². The Bertz CT molecular complexity index is 695. The average molecular weight is 345 g/mol. The van der Waals surface area contributed by atoms with Crippen LogP contribution in [0.25, 0.3) is 0 Å². The maximum absolute atomic E-state index is 12.1. The van der Waals surface area contributed by atoms with Crippen LogP contribution in [0, 0.1) is 6.92 Å². The summed E-state index contributed by atoms with van der Waals surface area (Å²) in [7, 11) is -3.67. The predicted molar refractivity (Wildman–Crippen MR) is 76.0 cm³/mol. The molecule has 0 saturated carbocycles. The molecule has 0 aliphatic carbocycles. The Morgan fingerprint density at radius 3 is 2.68 bits per heavy atom. The molecule has 0 saturated heterocycles. The van der Waals surface area contributed by atoms with Crippen molar-refractivity contribution in [2.24, 2.45) is 0 Å². The van der Waals surface area contributed by atoms with Crippen molar-refractivity contribution in [2.75, 3.05) is 5.73 Å². The molecule has 7 heteroatoms. The topological polar surface area (TPSA) is 85.3 Å². The van der Waals surface area contributed by atoms with E-state index in [1.54, 1.807) is 25.1 Å². The van der Waals surface area contributed by atoms with Crippen LogP contribution in [0.15, 0.2) is 44.1 Å². The van der Waals surface area contributed by atoms with Gasteiger partial charge in [0.05, 0.1) is 12.2 Å². The van der Waals surface area contributed by atoms with E-state index >= 15 is 0 Å². The number of aryl methyl sites for hydroxylation is 1. The molecule has 1 heterocycles. The molecule has 1 aromatic heterocycles. The molecule has 0 bridgehead atoms. The van der Waals surface area contributed by atoms with Crippen LogP contribution in [0.4, 0.5) is 5.69 Å². The molecule has 0 amide bonds. The zero-order valence-electron chi connectivity index (χ0n) is 10.2. The Kier molecular flexibility index (Phi) is 3.98. The number of nitrogen functional groups attached to an aromatic ring is 1. The second-order valence-electron chi connectivity index (χ2n) is 4.02. The quantitative estimate of drug-likeness (QED) is 0.834. The molecular formula is C12H13BrN2O3S. The Morgan fingerprint density at radius 2 is 2.05 bits per heavy atom. The first kappa shape index (κ1) is 14.1. The maximum atomic E-state index is 12.1. The third-order valence-corrected chi connectivity index (χ3v) is 4.45. The molecule has 0 fully saturated rings. The summed E-state index contributed by atoms with van der Waals surface area (Å²) in [6, 6.07) is 8.18. The van der Waals surface area contributed by atoms with Crippen LogP contribution in [0.2, 0.25) is 0 Å². The van der Waals surface area contributed by atoms with Gasteiger partial charge in [0.25, 0.3) is 0 Å². The lowest BCUT2D eigenvalue weighted by atomic mass is 10.3. The van der Waals surface area contributed by atoms with Crippen molar-refractivity contribution in [3.63, 3.8) is 0 Å². The normalized spacial score (nSPS) is 11.7. The van der Waals surface area contributed by atoms with Crippen LogP contribution in [-0.2, 0) is 16.6 Å². The van der Waals surface area contributed by atoms with E-state index in [-0.39, 0.29) is 17.1 Å². The van der Waals surface area contributed by atoms with E-state index in [2.05, 4.69) is 20.7 Å². The number of hydrogen-bond donors (Lipinski definition) is 2. The predicted octanol–water partition coefficient (Wildman–Crippen LogP) is 2.41. The first-order valence-electron chi connectivity index (χ1n) is 5.48. The van der Waals surface area contributed by atoms with E-state index in [0.29, 0.717) is 10.2 Å². The van der Waals surface area contributed by atoms with Crippen molar-refractivity contribution in [3.8, 4) is 0 Å². The van der Waals surface area contributed by atoms with Gasteiger partial charge in [-0.15, -0.1) is 0 Å². The van der Waals surface area contributed by atoms with Gasteiger partial charge in [-0.3, -0.25) is 0 Å². The summed E-state index contributed by atoms with van der Waals surface area (Å²) in [4.78, 5) is 0.0464. The number of halogens is 1. The number of nitrogens with two attached hydrogens (primary N) is 1. The molecule has 0 aliphatic rings.